The molecule has 2 aliphatic carbocycles. The highest BCUT2D eigenvalue weighted by atomic mass is 16.5. The molecule has 3 rings (SSSR count). The summed E-state index contributed by atoms with van der Waals surface area (Å²) in [5.41, 5.74) is 1.05. The van der Waals surface area contributed by atoms with Gasteiger partial charge in [-0.3, -0.25) is 0 Å². The SMILES string of the molecule is CC1(C)C2CCC1(C)C(OCc1ncncc1C(=O)O)C2. The predicted octanol–water partition coefficient (Wildman–Crippen LogP) is 2.91. The molecule has 2 saturated carbocycles. The monoisotopic (exact) mass is 290 g/mol. The lowest BCUT2D eigenvalue weighted by molar-refractivity contribution is -0.0562. The number of nitrogens with zero attached hydrogens (tertiary/aromatic N) is 2. The summed E-state index contributed by atoms with van der Waals surface area (Å²) in [6.07, 6.45) is 6.42. The molecule has 0 aromatic carbocycles. The molecule has 0 amide bonds. The van der Waals surface area contributed by atoms with Gasteiger partial charge >= 0.3 is 5.97 Å². The van der Waals surface area contributed by atoms with Gasteiger partial charge in [-0.05, 0) is 36.0 Å². The number of hydrogen-bond donors (Lipinski definition) is 1. The van der Waals surface area contributed by atoms with Crippen molar-refractivity contribution in [3.05, 3.63) is 23.8 Å². The molecule has 1 heterocycles. The Kier molecular flexibility index (Phi) is 3.28. The van der Waals surface area contributed by atoms with Crippen molar-refractivity contribution >= 4 is 5.97 Å². The Morgan fingerprint density at radius 2 is 2.24 bits per heavy atom. The predicted molar refractivity (Wildman–Crippen MR) is 76.8 cm³/mol. The number of rotatable bonds is 4. The van der Waals surface area contributed by atoms with E-state index in [2.05, 4.69) is 30.7 Å². The average molecular weight is 290 g/mol. The summed E-state index contributed by atoms with van der Waals surface area (Å²) in [5, 5.41) is 9.16. The molecule has 1 N–H and O–H groups in total. The lowest BCUT2D eigenvalue weighted by Crippen LogP contribution is -2.37. The molecule has 0 aliphatic heterocycles. The van der Waals surface area contributed by atoms with Crippen LogP contribution in [0.2, 0.25) is 0 Å². The van der Waals surface area contributed by atoms with Crippen LogP contribution in [0.3, 0.4) is 0 Å². The van der Waals surface area contributed by atoms with Crippen LogP contribution in [0.4, 0.5) is 0 Å². The van der Waals surface area contributed by atoms with Gasteiger partial charge < -0.3 is 9.84 Å². The minimum absolute atomic E-state index is 0.130. The van der Waals surface area contributed by atoms with Crippen molar-refractivity contribution in [1.29, 1.82) is 0 Å². The summed E-state index contributed by atoms with van der Waals surface area (Å²) >= 11 is 0. The van der Waals surface area contributed by atoms with Crippen LogP contribution in [0, 0.1) is 16.7 Å². The van der Waals surface area contributed by atoms with Crippen LogP contribution in [-0.4, -0.2) is 27.1 Å². The second-order valence-electron chi connectivity index (χ2n) is 7.10. The maximum Gasteiger partial charge on any atom is 0.339 e. The lowest BCUT2D eigenvalue weighted by atomic mass is 9.70. The summed E-state index contributed by atoms with van der Waals surface area (Å²) in [4.78, 5) is 19.0. The lowest BCUT2D eigenvalue weighted by Gasteiger charge is -2.38. The van der Waals surface area contributed by atoms with Gasteiger partial charge in [0.25, 0.3) is 0 Å². The maximum atomic E-state index is 11.2. The smallest absolute Gasteiger partial charge is 0.339 e. The zero-order chi connectivity index (χ0) is 15.3. The van der Waals surface area contributed by atoms with Crippen LogP contribution < -0.4 is 0 Å². The van der Waals surface area contributed by atoms with E-state index in [1.807, 2.05) is 0 Å². The first kappa shape index (κ1) is 14.4. The number of fused-ring (bicyclic) bond motifs is 2. The molecule has 21 heavy (non-hydrogen) atoms. The zero-order valence-electron chi connectivity index (χ0n) is 12.8. The second kappa shape index (κ2) is 4.77. The molecule has 0 saturated heterocycles. The summed E-state index contributed by atoms with van der Waals surface area (Å²) < 4.78 is 6.10. The molecule has 3 atom stereocenters. The van der Waals surface area contributed by atoms with E-state index >= 15 is 0 Å². The Bertz CT molecular complexity index is 572. The number of carboxylic acids is 1. The first-order valence-electron chi connectivity index (χ1n) is 7.50. The molecular formula is C16H22N2O3. The van der Waals surface area contributed by atoms with Crippen LogP contribution in [0.15, 0.2) is 12.5 Å². The molecule has 2 fully saturated rings. The topological polar surface area (TPSA) is 72.3 Å². The molecule has 0 spiro atoms. The highest BCUT2D eigenvalue weighted by Gasteiger charge is 2.61. The zero-order valence-corrected chi connectivity index (χ0v) is 12.8. The average Bonchev–Trinajstić information content (AvgIpc) is 2.78. The number of hydrogen-bond acceptors (Lipinski definition) is 4. The number of carbonyl (C=O) groups is 1. The number of aromatic carboxylic acids is 1. The van der Waals surface area contributed by atoms with Gasteiger partial charge in [0.2, 0.25) is 0 Å². The van der Waals surface area contributed by atoms with E-state index in [-0.39, 0.29) is 23.7 Å². The standard InChI is InChI=1S/C16H22N2O3/c1-15(2)10-4-5-16(15,3)13(6-10)21-8-12-11(14(19)20)7-17-9-18-12/h7,9-10,13H,4-6,8H2,1-3H3,(H,19,20). The van der Waals surface area contributed by atoms with Crippen molar-refractivity contribution in [2.45, 2.75) is 52.7 Å². The van der Waals surface area contributed by atoms with E-state index in [1.54, 1.807) is 0 Å². The largest absolute Gasteiger partial charge is 0.478 e. The quantitative estimate of drug-likeness (QED) is 0.923. The minimum Gasteiger partial charge on any atom is -0.478 e. The number of aromatic nitrogens is 2. The molecule has 5 heteroatoms. The molecule has 2 bridgehead atoms. The van der Waals surface area contributed by atoms with Crippen molar-refractivity contribution in [3.63, 3.8) is 0 Å². The fourth-order valence-electron chi connectivity index (χ4n) is 4.21. The van der Waals surface area contributed by atoms with Crippen LogP contribution in [0.1, 0.15) is 56.1 Å². The number of ether oxygens (including phenoxy) is 1. The molecule has 2 aliphatic rings. The maximum absolute atomic E-state index is 11.2. The van der Waals surface area contributed by atoms with Crippen molar-refractivity contribution in [1.82, 2.24) is 9.97 Å². The highest BCUT2D eigenvalue weighted by molar-refractivity contribution is 5.88. The van der Waals surface area contributed by atoms with E-state index in [9.17, 15) is 4.79 Å². The van der Waals surface area contributed by atoms with Crippen molar-refractivity contribution < 1.29 is 14.6 Å². The van der Waals surface area contributed by atoms with E-state index in [1.165, 1.54) is 25.4 Å². The van der Waals surface area contributed by atoms with Gasteiger partial charge in [-0.2, -0.15) is 0 Å². The van der Waals surface area contributed by atoms with E-state index in [0.717, 1.165) is 6.42 Å². The third kappa shape index (κ3) is 2.06. The Morgan fingerprint density at radius 3 is 2.81 bits per heavy atom. The summed E-state index contributed by atoms with van der Waals surface area (Å²) in [6.45, 7) is 7.22. The van der Waals surface area contributed by atoms with Crippen LogP contribution in [0.5, 0.6) is 0 Å². The van der Waals surface area contributed by atoms with Gasteiger partial charge in [-0.1, -0.05) is 20.8 Å². The Labute approximate surface area is 124 Å². The normalized spacial score (nSPS) is 33.3. The molecule has 5 nitrogen and oxygen atoms in total. The molecule has 3 unspecified atom stereocenters. The van der Waals surface area contributed by atoms with Crippen LogP contribution >= 0.6 is 0 Å². The van der Waals surface area contributed by atoms with Gasteiger partial charge in [0.05, 0.1) is 18.4 Å². The number of carboxylic acid groups (broad SMARTS) is 1. The third-order valence-electron chi connectivity index (χ3n) is 6.16. The van der Waals surface area contributed by atoms with Crippen molar-refractivity contribution in [2.24, 2.45) is 16.7 Å². The Morgan fingerprint density at radius 1 is 1.48 bits per heavy atom. The van der Waals surface area contributed by atoms with Crippen LogP contribution in [0.25, 0.3) is 0 Å². The van der Waals surface area contributed by atoms with Gasteiger partial charge in [-0.25, -0.2) is 14.8 Å². The summed E-state index contributed by atoms with van der Waals surface area (Å²) in [5.74, 6) is -0.300. The molecule has 114 valence electrons. The van der Waals surface area contributed by atoms with E-state index in [0.29, 0.717) is 17.0 Å². The van der Waals surface area contributed by atoms with E-state index in [4.69, 9.17) is 9.84 Å². The van der Waals surface area contributed by atoms with Gasteiger partial charge in [0.15, 0.2) is 0 Å². The fourth-order valence-corrected chi connectivity index (χ4v) is 4.21. The van der Waals surface area contributed by atoms with E-state index < -0.39 is 5.97 Å². The minimum atomic E-state index is -1.01. The van der Waals surface area contributed by atoms with Crippen LogP contribution in [-0.2, 0) is 11.3 Å². The molecule has 0 radical (unpaired) electrons. The fraction of sp³-hybridized carbons (Fsp3) is 0.688. The molecule has 1 aromatic rings. The summed E-state index contributed by atoms with van der Waals surface area (Å²) in [7, 11) is 0. The van der Waals surface area contributed by atoms with Gasteiger partial charge in [-0.15, -0.1) is 0 Å². The van der Waals surface area contributed by atoms with Gasteiger partial charge in [0.1, 0.15) is 11.9 Å². The Hall–Kier alpha value is -1.49. The van der Waals surface area contributed by atoms with Crippen molar-refractivity contribution in [3.8, 4) is 0 Å². The first-order chi connectivity index (χ1) is 9.86. The Balaban J connectivity index is 1.74. The molecular weight excluding hydrogens is 268 g/mol. The molecule has 1 aromatic heterocycles. The van der Waals surface area contributed by atoms with Crippen molar-refractivity contribution in [2.75, 3.05) is 0 Å². The first-order valence-corrected chi connectivity index (χ1v) is 7.50. The van der Waals surface area contributed by atoms with Gasteiger partial charge in [0, 0.05) is 6.20 Å². The third-order valence-corrected chi connectivity index (χ3v) is 6.16. The highest BCUT2D eigenvalue weighted by Crippen LogP contribution is 2.66. The summed E-state index contributed by atoms with van der Waals surface area (Å²) in [6, 6.07) is 0. The second-order valence-corrected chi connectivity index (χ2v) is 7.10.